The van der Waals surface area contributed by atoms with Crippen LogP contribution in [0.5, 0.6) is 0 Å². The first-order valence-corrected chi connectivity index (χ1v) is 11.0. The molecular formula is C21H20N4O2S2. The van der Waals surface area contributed by atoms with Crippen molar-refractivity contribution in [2.75, 3.05) is 0 Å². The van der Waals surface area contributed by atoms with Gasteiger partial charge in [-0.15, -0.1) is 28.1 Å². The lowest BCUT2D eigenvalue weighted by molar-refractivity contribution is 0.445. The number of hydrogen-bond acceptors (Lipinski definition) is 7. The van der Waals surface area contributed by atoms with Gasteiger partial charge in [-0.2, -0.15) is 0 Å². The van der Waals surface area contributed by atoms with Gasteiger partial charge in [0.15, 0.2) is 5.16 Å². The molecule has 0 atom stereocenters. The van der Waals surface area contributed by atoms with Crippen LogP contribution in [0, 0.1) is 0 Å². The summed E-state index contributed by atoms with van der Waals surface area (Å²) in [6, 6.07) is 11.9. The maximum absolute atomic E-state index is 13.1. The SMILES string of the molecule is C=CCn1c(SCc2nnc(C(C)C)o2)nc2sc(-c3ccccc3)cc2c1=O. The van der Waals surface area contributed by atoms with E-state index in [4.69, 9.17) is 9.40 Å². The van der Waals surface area contributed by atoms with E-state index in [9.17, 15) is 4.79 Å². The molecule has 0 fully saturated rings. The van der Waals surface area contributed by atoms with Crippen LogP contribution in [-0.2, 0) is 12.3 Å². The Kier molecular flexibility index (Phi) is 5.64. The molecule has 0 aliphatic rings. The Hall–Kier alpha value is -2.71. The van der Waals surface area contributed by atoms with Crippen molar-refractivity contribution in [2.24, 2.45) is 0 Å². The predicted octanol–water partition coefficient (Wildman–Crippen LogP) is 5.11. The first-order chi connectivity index (χ1) is 14.1. The lowest BCUT2D eigenvalue weighted by Crippen LogP contribution is -2.22. The first-order valence-electron chi connectivity index (χ1n) is 9.22. The van der Waals surface area contributed by atoms with Crippen LogP contribution < -0.4 is 5.56 Å². The van der Waals surface area contributed by atoms with E-state index in [1.54, 1.807) is 10.6 Å². The van der Waals surface area contributed by atoms with Gasteiger partial charge in [0, 0.05) is 17.3 Å². The monoisotopic (exact) mass is 424 g/mol. The van der Waals surface area contributed by atoms with Crippen molar-refractivity contribution < 1.29 is 4.42 Å². The second-order valence-corrected chi connectivity index (χ2v) is 8.74. The number of aromatic nitrogens is 4. The summed E-state index contributed by atoms with van der Waals surface area (Å²) >= 11 is 2.93. The van der Waals surface area contributed by atoms with E-state index < -0.39 is 0 Å². The number of thiophene rings is 1. The molecule has 3 aromatic heterocycles. The molecular weight excluding hydrogens is 404 g/mol. The number of allylic oxidation sites excluding steroid dienone is 1. The molecule has 0 spiro atoms. The van der Waals surface area contributed by atoms with Crippen LogP contribution in [0.25, 0.3) is 20.7 Å². The van der Waals surface area contributed by atoms with Crippen molar-refractivity contribution in [3.05, 3.63) is 71.2 Å². The van der Waals surface area contributed by atoms with Gasteiger partial charge in [0.1, 0.15) is 4.83 Å². The largest absolute Gasteiger partial charge is 0.424 e. The van der Waals surface area contributed by atoms with Crippen molar-refractivity contribution in [1.29, 1.82) is 0 Å². The van der Waals surface area contributed by atoms with Gasteiger partial charge in [-0.25, -0.2) is 4.98 Å². The summed E-state index contributed by atoms with van der Waals surface area (Å²) in [6.45, 7) is 8.17. The number of rotatable bonds is 7. The Bertz CT molecular complexity index is 1210. The number of benzene rings is 1. The summed E-state index contributed by atoms with van der Waals surface area (Å²) in [7, 11) is 0. The highest BCUT2D eigenvalue weighted by Gasteiger charge is 2.16. The summed E-state index contributed by atoms with van der Waals surface area (Å²) in [5.41, 5.74) is 1.01. The Morgan fingerprint density at radius 1 is 1.28 bits per heavy atom. The average molecular weight is 425 g/mol. The molecule has 6 nitrogen and oxygen atoms in total. The molecule has 148 valence electrons. The van der Waals surface area contributed by atoms with Gasteiger partial charge in [0.25, 0.3) is 5.56 Å². The fourth-order valence-electron chi connectivity index (χ4n) is 2.83. The summed E-state index contributed by atoms with van der Waals surface area (Å²) in [4.78, 5) is 19.6. The summed E-state index contributed by atoms with van der Waals surface area (Å²) in [5.74, 6) is 1.76. The molecule has 0 bridgehead atoms. The van der Waals surface area contributed by atoms with Crippen molar-refractivity contribution >= 4 is 33.3 Å². The minimum Gasteiger partial charge on any atom is -0.424 e. The standard InChI is InChI=1S/C21H20N4O2S2/c1-4-10-25-20(26)15-11-16(14-8-6-5-7-9-14)29-19(15)22-21(25)28-12-17-23-24-18(27-17)13(2)3/h4-9,11,13H,1,10,12H2,2-3H3. The number of nitrogens with zero attached hydrogens (tertiary/aromatic N) is 4. The highest BCUT2D eigenvalue weighted by atomic mass is 32.2. The second-order valence-electron chi connectivity index (χ2n) is 6.77. The van der Waals surface area contributed by atoms with Crippen molar-refractivity contribution in [2.45, 2.75) is 37.2 Å². The predicted molar refractivity (Wildman–Crippen MR) is 117 cm³/mol. The van der Waals surface area contributed by atoms with Gasteiger partial charge in [-0.1, -0.05) is 62.0 Å². The third kappa shape index (κ3) is 4.04. The van der Waals surface area contributed by atoms with Crippen molar-refractivity contribution in [3.8, 4) is 10.4 Å². The fraction of sp³-hybridized carbons (Fsp3) is 0.238. The van der Waals surface area contributed by atoms with E-state index >= 15 is 0 Å². The highest BCUT2D eigenvalue weighted by Crippen LogP contribution is 2.32. The zero-order chi connectivity index (χ0) is 20.4. The minimum atomic E-state index is -0.0655. The van der Waals surface area contributed by atoms with Crippen molar-refractivity contribution in [1.82, 2.24) is 19.7 Å². The van der Waals surface area contributed by atoms with Gasteiger partial charge in [-0.3, -0.25) is 9.36 Å². The zero-order valence-electron chi connectivity index (χ0n) is 16.2. The molecule has 3 heterocycles. The topological polar surface area (TPSA) is 73.8 Å². The van der Waals surface area contributed by atoms with Gasteiger partial charge in [0.05, 0.1) is 11.1 Å². The molecule has 0 aliphatic heterocycles. The van der Waals surface area contributed by atoms with E-state index in [1.807, 2.05) is 50.2 Å². The molecule has 4 aromatic rings. The van der Waals surface area contributed by atoms with Crippen LogP contribution >= 0.6 is 23.1 Å². The summed E-state index contributed by atoms with van der Waals surface area (Å²) < 4.78 is 7.31. The third-order valence-corrected chi connectivity index (χ3v) is 6.33. The lowest BCUT2D eigenvalue weighted by Gasteiger charge is -2.08. The van der Waals surface area contributed by atoms with Crippen LogP contribution in [0.2, 0.25) is 0 Å². The van der Waals surface area contributed by atoms with Gasteiger partial charge in [0.2, 0.25) is 11.8 Å². The maximum Gasteiger partial charge on any atom is 0.263 e. The highest BCUT2D eigenvalue weighted by molar-refractivity contribution is 7.98. The third-order valence-electron chi connectivity index (χ3n) is 4.29. The molecule has 8 heteroatoms. The van der Waals surface area contributed by atoms with Crippen LogP contribution in [0.3, 0.4) is 0 Å². The Morgan fingerprint density at radius 3 is 2.76 bits per heavy atom. The average Bonchev–Trinajstić information content (AvgIpc) is 3.37. The molecule has 4 rings (SSSR count). The summed E-state index contributed by atoms with van der Waals surface area (Å²) in [5, 5.41) is 9.39. The van der Waals surface area contributed by atoms with E-state index in [-0.39, 0.29) is 11.5 Å². The maximum atomic E-state index is 13.1. The van der Waals surface area contributed by atoms with Crippen LogP contribution in [0.4, 0.5) is 0 Å². The fourth-order valence-corrected chi connectivity index (χ4v) is 4.75. The van der Waals surface area contributed by atoms with E-state index in [1.165, 1.54) is 23.1 Å². The van der Waals surface area contributed by atoms with Gasteiger partial charge >= 0.3 is 0 Å². The molecule has 0 unspecified atom stereocenters. The van der Waals surface area contributed by atoms with Crippen LogP contribution in [-0.4, -0.2) is 19.7 Å². The van der Waals surface area contributed by atoms with Gasteiger partial charge < -0.3 is 4.42 Å². The minimum absolute atomic E-state index is 0.0655. The molecule has 0 aliphatic carbocycles. The smallest absolute Gasteiger partial charge is 0.263 e. The molecule has 0 saturated carbocycles. The number of thioether (sulfide) groups is 1. The quantitative estimate of drug-likeness (QED) is 0.233. The molecule has 0 amide bonds. The molecule has 1 aromatic carbocycles. The van der Waals surface area contributed by atoms with E-state index in [2.05, 4.69) is 16.8 Å². The number of fused-ring (bicyclic) bond motifs is 1. The van der Waals surface area contributed by atoms with Gasteiger partial charge in [-0.05, 0) is 11.6 Å². The molecule has 0 radical (unpaired) electrons. The molecule has 0 saturated heterocycles. The van der Waals surface area contributed by atoms with Crippen molar-refractivity contribution in [3.63, 3.8) is 0 Å². The van der Waals surface area contributed by atoms with E-state index in [0.717, 1.165) is 15.3 Å². The molecule has 0 N–H and O–H groups in total. The zero-order valence-corrected chi connectivity index (χ0v) is 17.8. The normalized spacial score (nSPS) is 11.4. The first kappa shape index (κ1) is 19.6. The second kappa shape index (κ2) is 8.34. The van der Waals surface area contributed by atoms with Crippen LogP contribution in [0.1, 0.15) is 31.5 Å². The van der Waals surface area contributed by atoms with E-state index in [0.29, 0.717) is 34.6 Å². The Morgan fingerprint density at radius 2 is 2.07 bits per heavy atom. The summed E-state index contributed by atoms with van der Waals surface area (Å²) in [6.07, 6.45) is 1.70. The Balaban J connectivity index is 1.70. The lowest BCUT2D eigenvalue weighted by atomic mass is 10.2. The molecule has 29 heavy (non-hydrogen) atoms. The van der Waals surface area contributed by atoms with Crippen LogP contribution in [0.15, 0.2) is 63.4 Å². The number of hydrogen-bond donors (Lipinski definition) is 0. The Labute approximate surface area is 176 Å².